The van der Waals surface area contributed by atoms with Crippen molar-refractivity contribution in [3.8, 4) is 0 Å². The molecule has 0 atom stereocenters. The predicted molar refractivity (Wildman–Crippen MR) is 80.7 cm³/mol. The maximum atomic E-state index is 12.5. The third-order valence-corrected chi connectivity index (χ3v) is 4.85. The maximum absolute atomic E-state index is 12.5. The Hall–Kier alpha value is -1.50. The van der Waals surface area contributed by atoms with Gasteiger partial charge in [0.05, 0.1) is 22.5 Å². The number of rotatable bonds is 3. The number of nitrogens with zero attached hydrogens (tertiary/aromatic N) is 2. The zero-order chi connectivity index (χ0) is 14.9. The second-order valence-electron chi connectivity index (χ2n) is 4.01. The third kappa shape index (κ3) is 2.82. The van der Waals surface area contributed by atoms with Crippen LogP contribution in [0.1, 0.15) is 0 Å². The Bertz CT molecular complexity index is 730. The first-order valence-corrected chi connectivity index (χ1v) is 7.66. The van der Waals surface area contributed by atoms with Gasteiger partial charge in [-0.3, -0.25) is 9.29 Å². The van der Waals surface area contributed by atoms with Crippen LogP contribution in [0.5, 0.6) is 0 Å². The fourth-order valence-electron chi connectivity index (χ4n) is 1.65. The summed E-state index contributed by atoms with van der Waals surface area (Å²) in [5.41, 5.74) is 6.32. The van der Waals surface area contributed by atoms with Crippen LogP contribution in [0.15, 0.2) is 41.6 Å². The summed E-state index contributed by atoms with van der Waals surface area (Å²) < 4.78 is 26.1. The number of aromatic nitrogens is 1. The highest BCUT2D eigenvalue weighted by molar-refractivity contribution is 7.92. The summed E-state index contributed by atoms with van der Waals surface area (Å²) in [5, 5.41) is 0.486. The van der Waals surface area contributed by atoms with E-state index in [0.29, 0.717) is 5.69 Å². The molecule has 0 fully saturated rings. The van der Waals surface area contributed by atoms with Crippen LogP contribution in [0.25, 0.3) is 0 Å². The minimum absolute atomic E-state index is 0.00582. The molecule has 0 saturated heterocycles. The molecule has 8 heteroatoms. The van der Waals surface area contributed by atoms with Crippen molar-refractivity contribution in [3.63, 3.8) is 0 Å². The number of nitrogens with two attached hydrogens (primary N) is 1. The first-order chi connectivity index (χ1) is 9.32. The molecular weight excluding hydrogens is 321 g/mol. The van der Waals surface area contributed by atoms with Crippen molar-refractivity contribution in [2.75, 3.05) is 17.1 Å². The van der Waals surface area contributed by atoms with Crippen molar-refractivity contribution in [3.05, 3.63) is 46.7 Å². The Labute approximate surface area is 127 Å². The van der Waals surface area contributed by atoms with E-state index in [-0.39, 0.29) is 20.6 Å². The van der Waals surface area contributed by atoms with Crippen LogP contribution < -0.4 is 10.0 Å². The lowest BCUT2D eigenvalue weighted by Crippen LogP contribution is -2.27. The van der Waals surface area contributed by atoms with Gasteiger partial charge < -0.3 is 5.73 Å². The molecule has 5 nitrogen and oxygen atoms in total. The Morgan fingerprint density at radius 1 is 1.20 bits per heavy atom. The SMILES string of the molecule is CN(c1ccncc1N)S(=O)(=O)c1cc(Cl)cc(Cl)c1. The van der Waals surface area contributed by atoms with E-state index in [2.05, 4.69) is 4.98 Å². The molecule has 2 N–H and O–H groups in total. The molecule has 0 radical (unpaired) electrons. The van der Waals surface area contributed by atoms with E-state index in [9.17, 15) is 8.42 Å². The first kappa shape index (κ1) is 14.9. The van der Waals surface area contributed by atoms with Crippen LogP contribution >= 0.6 is 23.2 Å². The molecule has 0 aliphatic rings. The van der Waals surface area contributed by atoms with Gasteiger partial charge in [0.1, 0.15) is 0 Å². The van der Waals surface area contributed by atoms with Gasteiger partial charge in [0.2, 0.25) is 0 Å². The van der Waals surface area contributed by atoms with Crippen molar-refractivity contribution in [1.82, 2.24) is 4.98 Å². The lowest BCUT2D eigenvalue weighted by atomic mass is 10.3. The first-order valence-electron chi connectivity index (χ1n) is 5.47. The van der Waals surface area contributed by atoms with Crippen molar-refractivity contribution in [1.29, 1.82) is 0 Å². The van der Waals surface area contributed by atoms with E-state index in [4.69, 9.17) is 28.9 Å². The van der Waals surface area contributed by atoms with Crippen LogP contribution in [-0.2, 0) is 10.0 Å². The molecule has 0 aliphatic carbocycles. The van der Waals surface area contributed by atoms with Gasteiger partial charge in [0.15, 0.2) is 0 Å². The number of anilines is 2. The second kappa shape index (κ2) is 5.47. The number of hydrogen-bond donors (Lipinski definition) is 1. The largest absolute Gasteiger partial charge is 0.396 e. The molecule has 0 amide bonds. The zero-order valence-electron chi connectivity index (χ0n) is 10.4. The molecule has 0 unspecified atom stereocenters. The van der Waals surface area contributed by atoms with Crippen LogP contribution in [0.2, 0.25) is 10.0 Å². The Balaban J connectivity index is 2.52. The smallest absolute Gasteiger partial charge is 0.264 e. The summed E-state index contributed by atoms with van der Waals surface area (Å²) in [7, 11) is -2.40. The van der Waals surface area contributed by atoms with E-state index in [0.717, 1.165) is 4.31 Å². The molecule has 20 heavy (non-hydrogen) atoms. The number of nitrogen functional groups attached to an aromatic ring is 1. The van der Waals surface area contributed by atoms with E-state index < -0.39 is 10.0 Å². The van der Waals surface area contributed by atoms with Crippen molar-refractivity contribution >= 4 is 44.6 Å². The van der Waals surface area contributed by atoms with Gasteiger partial charge in [-0.1, -0.05) is 23.2 Å². The van der Waals surface area contributed by atoms with Gasteiger partial charge in [-0.25, -0.2) is 8.42 Å². The minimum Gasteiger partial charge on any atom is -0.396 e. The number of benzene rings is 1. The van der Waals surface area contributed by atoms with E-state index in [1.807, 2.05) is 0 Å². The Morgan fingerprint density at radius 3 is 2.35 bits per heavy atom. The lowest BCUT2D eigenvalue weighted by Gasteiger charge is -2.21. The Kier molecular flexibility index (Phi) is 4.08. The number of halogens is 2. The predicted octanol–water partition coefficient (Wildman–Crippen LogP) is 2.80. The molecule has 0 saturated carbocycles. The highest BCUT2D eigenvalue weighted by Gasteiger charge is 2.23. The summed E-state index contributed by atoms with van der Waals surface area (Å²) in [6, 6.07) is 5.63. The minimum atomic E-state index is -3.80. The van der Waals surface area contributed by atoms with Gasteiger partial charge in [-0.05, 0) is 24.3 Å². The van der Waals surface area contributed by atoms with Crippen molar-refractivity contribution < 1.29 is 8.42 Å². The van der Waals surface area contributed by atoms with Crippen LogP contribution in [0.3, 0.4) is 0 Å². The second-order valence-corrected chi connectivity index (χ2v) is 6.85. The summed E-state index contributed by atoms with van der Waals surface area (Å²) in [6.07, 6.45) is 2.84. The van der Waals surface area contributed by atoms with Crippen molar-refractivity contribution in [2.24, 2.45) is 0 Å². The third-order valence-electron chi connectivity index (χ3n) is 2.66. The van der Waals surface area contributed by atoms with E-state index in [1.54, 1.807) is 0 Å². The molecule has 0 bridgehead atoms. The zero-order valence-corrected chi connectivity index (χ0v) is 12.7. The molecule has 2 rings (SSSR count). The van der Waals surface area contributed by atoms with Crippen molar-refractivity contribution in [2.45, 2.75) is 4.90 Å². The van der Waals surface area contributed by atoms with E-state index >= 15 is 0 Å². The van der Waals surface area contributed by atoms with Crippen LogP contribution in [0.4, 0.5) is 11.4 Å². The van der Waals surface area contributed by atoms with Gasteiger partial charge >= 0.3 is 0 Å². The molecule has 1 aromatic heterocycles. The highest BCUT2D eigenvalue weighted by Crippen LogP contribution is 2.29. The lowest BCUT2D eigenvalue weighted by molar-refractivity contribution is 0.594. The van der Waals surface area contributed by atoms with E-state index in [1.165, 1.54) is 43.7 Å². The number of pyridine rings is 1. The number of sulfonamides is 1. The van der Waals surface area contributed by atoms with Crippen LogP contribution in [-0.4, -0.2) is 20.4 Å². The fraction of sp³-hybridized carbons (Fsp3) is 0.0833. The van der Waals surface area contributed by atoms with Gasteiger partial charge in [-0.2, -0.15) is 0 Å². The topological polar surface area (TPSA) is 76.3 Å². The average Bonchev–Trinajstić information content (AvgIpc) is 2.37. The number of hydrogen-bond acceptors (Lipinski definition) is 4. The molecule has 1 heterocycles. The highest BCUT2D eigenvalue weighted by atomic mass is 35.5. The van der Waals surface area contributed by atoms with Gasteiger partial charge in [0.25, 0.3) is 10.0 Å². The van der Waals surface area contributed by atoms with Gasteiger partial charge in [-0.15, -0.1) is 0 Å². The maximum Gasteiger partial charge on any atom is 0.264 e. The summed E-state index contributed by atoms with van der Waals surface area (Å²) in [4.78, 5) is 3.82. The fourth-order valence-corrected chi connectivity index (χ4v) is 3.60. The summed E-state index contributed by atoms with van der Waals surface area (Å²) in [6.45, 7) is 0. The molecule has 0 spiro atoms. The molecule has 106 valence electrons. The summed E-state index contributed by atoms with van der Waals surface area (Å²) >= 11 is 11.7. The normalized spacial score (nSPS) is 11.3. The van der Waals surface area contributed by atoms with Gasteiger partial charge in [0, 0.05) is 23.3 Å². The Morgan fingerprint density at radius 2 is 1.80 bits per heavy atom. The molecule has 1 aromatic carbocycles. The monoisotopic (exact) mass is 331 g/mol. The molecule has 2 aromatic rings. The van der Waals surface area contributed by atoms with Crippen LogP contribution in [0, 0.1) is 0 Å². The molecular formula is C12H11Cl2N3O2S. The summed E-state index contributed by atoms with van der Waals surface area (Å²) in [5.74, 6) is 0. The standard InChI is InChI=1S/C12H11Cl2N3O2S/c1-17(12-2-3-16-7-11(12)15)20(18,19)10-5-8(13)4-9(14)6-10/h2-7H,15H2,1H3. The average molecular weight is 332 g/mol. The quantitative estimate of drug-likeness (QED) is 0.938. The molecule has 0 aliphatic heterocycles.